The van der Waals surface area contributed by atoms with Crippen molar-refractivity contribution in [2.75, 3.05) is 0 Å². The number of rotatable bonds is 9. The fraction of sp³-hybridized carbons (Fsp3) is 0.188. The van der Waals surface area contributed by atoms with Crippen LogP contribution in [-0.2, 0) is 12.8 Å². The topological polar surface area (TPSA) is 74.6 Å². The SMILES string of the molecule is CCCc1cc(CCC)c(-c2ccccc2C(=O)O)c(-c2ccccc2C(=O)O)c1-c1ccccc1. The van der Waals surface area contributed by atoms with Gasteiger partial charge in [-0.25, -0.2) is 9.59 Å². The Labute approximate surface area is 211 Å². The zero-order chi connectivity index (χ0) is 25.7. The van der Waals surface area contributed by atoms with Crippen molar-refractivity contribution < 1.29 is 19.8 Å². The van der Waals surface area contributed by atoms with Crippen molar-refractivity contribution in [3.05, 3.63) is 107 Å². The minimum Gasteiger partial charge on any atom is -0.478 e. The van der Waals surface area contributed by atoms with Gasteiger partial charge in [-0.3, -0.25) is 0 Å². The lowest BCUT2D eigenvalue weighted by Gasteiger charge is -2.25. The van der Waals surface area contributed by atoms with Gasteiger partial charge in [-0.05, 0) is 69.5 Å². The standard InChI is InChI=1S/C32H30O4/c1-3-12-22-20-23(13-4-2)29(24-16-8-10-18-26(24)31(33)34)30(28(22)21-14-6-5-7-15-21)25-17-9-11-19-27(25)32(35)36/h5-11,14-20H,3-4,12-13H2,1-2H3,(H,33,34)(H,35,36). The molecule has 0 unspecified atom stereocenters. The summed E-state index contributed by atoms with van der Waals surface area (Å²) in [5.74, 6) is -2.02. The van der Waals surface area contributed by atoms with Crippen LogP contribution in [0.1, 0.15) is 58.5 Å². The molecule has 4 nitrogen and oxygen atoms in total. The summed E-state index contributed by atoms with van der Waals surface area (Å²) in [5.41, 5.74) is 7.27. The Balaban J connectivity index is 2.28. The molecule has 0 saturated heterocycles. The first-order valence-corrected chi connectivity index (χ1v) is 12.4. The van der Waals surface area contributed by atoms with E-state index in [1.165, 1.54) is 0 Å². The number of carbonyl (C=O) groups is 2. The molecule has 0 fully saturated rings. The first-order chi connectivity index (χ1) is 17.5. The van der Waals surface area contributed by atoms with E-state index < -0.39 is 11.9 Å². The molecule has 36 heavy (non-hydrogen) atoms. The summed E-state index contributed by atoms with van der Waals surface area (Å²) < 4.78 is 0. The molecule has 0 amide bonds. The van der Waals surface area contributed by atoms with E-state index in [1.807, 2.05) is 54.6 Å². The van der Waals surface area contributed by atoms with E-state index in [0.29, 0.717) is 11.1 Å². The third kappa shape index (κ3) is 4.80. The van der Waals surface area contributed by atoms with Crippen LogP contribution >= 0.6 is 0 Å². The van der Waals surface area contributed by atoms with Crippen LogP contribution in [0.3, 0.4) is 0 Å². The van der Waals surface area contributed by atoms with E-state index >= 15 is 0 Å². The second kappa shape index (κ2) is 11.0. The molecule has 0 radical (unpaired) electrons. The van der Waals surface area contributed by atoms with Crippen LogP contribution < -0.4 is 0 Å². The number of aromatic carboxylic acids is 2. The smallest absolute Gasteiger partial charge is 0.336 e. The monoisotopic (exact) mass is 478 g/mol. The van der Waals surface area contributed by atoms with Gasteiger partial charge < -0.3 is 10.2 Å². The molecule has 0 aromatic heterocycles. The van der Waals surface area contributed by atoms with E-state index in [-0.39, 0.29) is 11.1 Å². The molecule has 0 aliphatic rings. The van der Waals surface area contributed by atoms with Crippen LogP contribution in [0.5, 0.6) is 0 Å². The highest BCUT2D eigenvalue weighted by atomic mass is 16.4. The van der Waals surface area contributed by atoms with E-state index in [1.54, 1.807) is 24.3 Å². The lowest BCUT2D eigenvalue weighted by molar-refractivity contribution is 0.0686. The molecule has 4 heteroatoms. The molecule has 0 saturated carbocycles. The van der Waals surface area contributed by atoms with E-state index in [0.717, 1.165) is 59.1 Å². The molecule has 0 aliphatic heterocycles. The van der Waals surface area contributed by atoms with Gasteiger partial charge in [0, 0.05) is 0 Å². The molecule has 0 heterocycles. The Hall–Kier alpha value is -4.18. The first-order valence-electron chi connectivity index (χ1n) is 12.4. The highest BCUT2D eigenvalue weighted by Gasteiger charge is 2.26. The van der Waals surface area contributed by atoms with Gasteiger partial charge in [0.25, 0.3) is 0 Å². The van der Waals surface area contributed by atoms with Crippen LogP contribution in [-0.4, -0.2) is 22.2 Å². The van der Waals surface area contributed by atoms with Crippen molar-refractivity contribution >= 4 is 11.9 Å². The molecular formula is C32H30O4. The van der Waals surface area contributed by atoms with Crippen LogP contribution in [0, 0.1) is 0 Å². The Morgan fingerprint density at radius 2 is 1.03 bits per heavy atom. The molecule has 0 spiro atoms. The number of hydrogen-bond donors (Lipinski definition) is 2. The number of benzene rings is 4. The predicted octanol–water partition coefficient (Wildman–Crippen LogP) is 7.99. The third-order valence-corrected chi connectivity index (χ3v) is 6.45. The summed E-state index contributed by atoms with van der Waals surface area (Å²) in [6.07, 6.45) is 3.37. The number of aryl methyl sites for hydroxylation is 2. The van der Waals surface area contributed by atoms with Crippen molar-refractivity contribution in [3.8, 4) is 33.4 Å². The average Bonchev–Trinajstić information content (AvgIpc) is 2.89. The minimum absolute atomic E-state index is 0.194. The average molecular weight is 479 g/mol. The maximum atomic E-state index is 12.4. The van der Waals surface area contributed by atoms with Gasteiger partial charge in [0.2, 0.25) is 0 Å². The largest absolute Gasteiger partial charge is 0.478 e. The molecule has 182 valence electrons. The van der Waals surface area contributed by atoms with Crippen LogP contribution in [0.4, 0.5) is 0 Å². The van der Waals surface area contributed by atoms with E-state index in [4.69, 9.17) is 0 Å². The summed E-state index contributed by atoms with van der Waals surface area (Å²) >= 11 is 0. The highest BCUT2D eigenvalue weighted by molar-refractivity contribution is 6.07. The first kappa shape index (κ1) is 24.9. The number of carboxylic acids is 2. The summed E-state index contributed by atoms with van der Waals surface area (Å²) in [6, 6.07) is 26.2. The Morgan fingerprint density at radius 1 is 0.583 bits per heavy atom. The Morgan fingerprint density at radius 3 is 1.53 bits per heavy atom. The molecular weight excluding hydrogens is 448 g/mol. The van der Waals surface area contributed by atoms with Crippen molar-refractivity contribution in [2.45, 2.75) is 39.5 Å². The Kier molecular flexibility index (Phi) is 7.65. The fourth-order valence-corrected chi connectivity index (χ4v) is 5.02. The molecule has 0 aliphatic carbocycles. The maximum absolute atomic E-state index is 12.4. The molecule has 0 atom stereocenters. The Bertz CT molecular complexity index is 1400. The third-order valence-electron chi connectivity index (χ3n) is 6.45. The molecule has 4 rings (SSSR count). The number of carboxylic acid groups (broad SMARTS) is 2. The molecule has 0 bridgehead atoms. The van der Waals surface area contributed by atoms with Gasteiger partial charge in [0.1, 0.15) is 0 Å². The lowest BCUT2D eigenvalue weighted by atomic mass is 9.78. The zero-order valence-electron chi connectivity index (χ0n) is 20.6. The van der Waals surface area contributed by atoms with Crippen molar-refractivity contribution in [3.63, 3.8) is 0 Å². The van der Waals surface area contributed by atoms with E-state index in [2.05, 4.69) is 19.9 Å². The van der Waals surface area contributed by atoms with Gasteiger partial charge in [0.05, 0.1) is 11.1 Å². The molecule has 4 aromatic carbocycles. The second-order valence-electron chi connectivity index (χ2n) is 8.89. The van der Waals surface area contributed by atoms with Crippen molar-refractivity contribution in [1.29, 1.82) is 0 Å². The second-order valence-corrected chi connectivity index (χ2v) is 8.89. The summed E-state index contributed by atoms with van der Waals surface area (Å²) in [4.78, 5) is 24.7. The van der Waals surface area contributed by atoms with Gasteiger partial charge in [-0.2, -0.15) is 0 Å². The fourth-order valence-electron chi connectivity index (χ4n) is 5.02. The van der Waals surface area contributed by atoms with Gasteiger partial charge >= 0.3 is 11.9 Å². The summed E-state index contributed by atoms with van der Waals surface area (Å²) in [5, 5.41) is 20.2. The molecule has 2 N–H and O–H groups in total. The number of hydrogen-bond acceptors (Lipinski definition) is 2. The van der Waals surface area contributed by atoms with Crippen LogP contribution in [0.2, 0.25) is 0 Å². The van der Waals surface area contributed by atoms with Crippen molar-refractivity contribution in [1.82, 2.24) is 0 Å². The van der Waals surface area contributed by atoms with Gasteiger partial charge in [0.15, 0.2) is 0 Å². The zero-order valence-corrected chi connectivity index (χ0v) is 20.6. The quantitative estimate of drug-likeness (QED) is 0.256. The lowest BCUT2D eigenvalue weighted by Crippen LogP contribution is -2.08. The minimum atomic E-state index is -1.01. The normalized spacial score (nSPS) is 10.8. The molecule has 4 aromatic rings. The predicted molar refractivity (Wildman–Crippen MR) is 145 cm³/mol. The highest BCUT2D eigenvalue weighted by Crippen LogP contribution is 2.46. The van der Waals surface area contributed by atoms with Gasteiger partial charge in [-0.15, -0.1) is 0 Å². The summed E-state index contributed by atoms with van der Waals surface area (Å²) in [6.45, 7) is 4.23. The maximum Gasteiger partial charge on any atom is 0.336 e. The van der Waals surface area contributed by atoms with E-state index in [9.17, 15) is 19.8 Å². The van der Waals surface area contributed by atoms with Gasteiger partial charge in [-0.1, -0.05) is 99.5 Å². The van der Waals surface area contributed by atoms with Crippen molar-refractivity contribution in [2.24, 2.45) is 0 Å². The van der Waals surface area contributed by atoms with Crippen LogP contribution in [0.25, 0.3) is 33.4 Å². The summed E-state index contributed by atoms with van der Waals surface area (Å²) in [7, 11) is 0. The van der Waals surface area contributed by atoms with Crippen LogP contribution in [0.15, 0.2) is 84.9 Å².